The molecule has 0 aliphatic heterocycles. The van der Waals surface area contributed by atoms with Gasteiger partial charge in [-0.05, 0) is 31.5 Å². The van der Waals surface area contributed by atoms with E-state index < -0.39 is 10.0 Å². The normalized spacial score (nSPS) is 11.3. The van der Waals surface area contributed by atoms with Crippen molar-refractivity contribution in [3.63, 3.8) is 0 Å². The van der Waals surface area contributed by atoms with Gasteiger partial charge in [0, 0.05) is 18.3 Å². The Labute approximate surface area is 118 Å². The number of benzene rings is 1. The first-order valence-electron chi connectivity index (χ1n) is 6.02. The largest absolute Gasteiger partial charge is 0.366 e. The van der Waals surface area contributed by atoms with Gasteiger partial charge in [0.15, 0.2) is 0 Å². The molecule has 20 heavy (non-hydrogen) atoms. The molecule has 0 radical (unpaired) electrons. The van der Waals surface area contributed by atoms with E-state index in [0.717, 1.165) is 11.3 Å². The number of aromatic nitrogens is 2. The number of sulfonamides is 1. The number of aryl methyl sites for hydroxylation is 2. The van der Waals surface area contributed by atoms with E-state index >= 15 is 0 Å². The van der Waals surface area contributed by atoms with Gasteiger partial charge in [-0.15, -0.1) is 0 Å². The van der Waals surface area contributed by atoms with Crippen molar-refractivity contribution in [1.82, 2.24) is 9.97 Å². The van der Waals surface area contributed by atoms with E-state index in [1.54, 1.807) is 12.1 Å². The maximum Gasteiger partial charge on any atom is 0.238 e. The second-order valence-corrected chi connectivity index (χ2v) is 6.05. The smallest absolute Gasteiger partial charge is 0.238 e. The molecule has 0 aliphatic carbocycles. The predicted molar refractivity (Wildman–Crippen MR) is 76.6 cm³/mol. The standard InChI is InChI=1S/C13H16N4O2S/c1-9-6-13(17-10(2)16-9)15-8-11-4-3-5-12(7-11)20(14,18)19/h3-7H,8H2,1-2H3,(H2,14,18,19)(H,15,16,17). The first kappa shape index (κ1) is 14.4. The molecular formula is C13H16N4O2S. The molecule has 7 heteroatoms. The molecule has 0 saturated carbocycles. The molecule has 1 heterocycles. The fourth-order valence-corrected chi connectivity index (χ4v) is 2.42. The summed E-state index contributed by atoms with van der Waals surface area (Å²) < 4.78 is 22.6. The predicted octanol–water partition coefficient (Wildman–Crippen LogP) is 1.35. The molecular weight excluding hydrogens is 276 g/mol. The minimum Gasteiger partial charge on any atom is -0.366 e. The molecule has 2 aromatic rings. The minimum absolute atomic E-state index is 0.104. The SMILES string of the molecule is Cc1cc(NCc2cccc(S(N)(=O)=O)c2)nc(C)n1. The Kier molecular flexibility index (Phi) is 4.01. The zero-order valence-corrected chi connectivity index (χ0v) is 12.1. The zero-order chi connectivity index (χ0) is 14.8. The van der Waals surface area contributed by atoms with Crippen LogP contribution < -0.4 is 10.5 Å². The van der Waals surface area contributed by atoms with Gasteiger partial charge in [0.25, 0.3) is 0 Å². The summed E-state index contributed by atoms with van der Waals surface area (Å²) in [4.78, 5) is 8.55. The Morgan fingerprint density at radius 2 is 1.95 bits per heavy atom. The fraction of sp³-hybridized carbons (Fsp3) is 0.231. The van der Waals surface area contributed by atoms with Crippen LogP contribution in [0.25, 0.3) is 0 Å². The van der Waals surface area contributed by atoms with Gasteiger partial charge in [-0.1, -0.05) is 12.1 Å². The van der Waals surface area contributed by atoms with E-state index in [9.17, 15) is 8.42 Å². The van der Waals surface area contributed by atoms with Crippen molar-refractivity contribution in [3.8, 4) is 0 Å². The lowest BCUT2D eigenvalue weighted by atomic mass is 10.2. The Morgan fingerprint density at radius 3 is 2.60 bits per heavy atom. The van der Waals surface area contributed by atoms with Gasteiger partial charge < -0.3 is 5.32 Å². The van der Waals surface area contributed by atoms with Crippen molar-refractivity contribution >= 4 is 15.8 Å². The van der Waals surface area contributed by atoms with Crippen molar-refractivity contribution in [2.24, 2.45) is 5.14 Å². The molecule has 6 nitrogen and oxygen atoms in total. The monoisotopic (exact) mass is 292 g/mol. The summed E-state index contributed by atoms with van der Waals surface area (Å²) in [5, 5.41) is 8.24. The molecule has 1 aromatic carbocycles. The number of nitrogens with zero attached hydrogens (tertiary/aromatic N) is 2. The highest BCUT2D eigenvalue weighted by molar-refractivity contribution is 7.89. The quantitative estimate of drug-likeness (QED) is 0.886. The molecule has 1 aromatic heterocycles. The molecule has 0 atom stereocenters. The van der Waals surface area contributed by atoms with Crippen LogP contribution >= 0.6 is 0 Å². The molecule has 0 aliphatic rings. The molecule has 106 valence electrons. The van der Waals surface area contributed by atoms with Crippen molar-refractivity contribution in [2.75, 3.05) is 5.32 Å². The van der Waals surface area contributed by atoms with E-state index in [-0.39, 0.29) is 4.90 Å². The highest BCUT2D eigenvalue weighted by Gasteiger charge is 2.08. The Hall–Kier alpha value is -1.99. The minimum atomic E-state index is -3.68. The maximum atomic E-state index is 11.3. The highest BCUT2D eigenvalue weighted by atomic mass is 32.2. The number of nitrogens with two attached hydrogens (primary N) is 1. The van der Waals surface area contributed by atoms with E-state index in [1.807, 2.05) is 26.0 Å². The molecule has 0 saturated heterocycles. The topological polar surface area (TPSA) is 98.0 Å². The van der Waals surface area contributed by atoms with Gasteiger partial charge in [0.2, 0.25) is 10.0 Å². The van der Waals surface area contributed by atoms with Gasteiger partial charge in [-0.25, -0.2) is 23.5 Å². The van der Waals surface area contributed by atoms with Crippen LogP contribution in [0.2, 0.25) is 0 Å². The van der Waals surface area contributed by atoms with Gasteiger partial charge >= 0.3 is 0 Å². The summed E-state index contributed by atoms with van der Waals surface area (Å²) in [7, 11) is -3.68. The van der Waals surface area contributed by atoms with Crippen molar-refractivity contribution in [1.29, 1.82) is 0 Å². The van der Waals surface area contributed by atoms with Crippen molar-refractivity contribution in [3.05, 3.63) is 47.4 Å². The number of nitrogens with one attached hydrogen (secondary N) is 1. The third kappa shape index (κ3) is 3.75. The zero-order valence-electron chi connectivity index (χ0n) is 11.3. The average molecular weight is 292 g/mol. The van der Waals surface area contributed by atoms with E-state index in [4.69, 9.17) is 5.14 Å². The first-order valence-corrected chi connectivity index (χ1v) is 7.57. The number of rotatable bonds is 4. The van der Waals surface area contributed by atoms with Crippen LogP contribution in [-0.2, 0) is 16.6 Å². The van der Waals surface area contributed by atoms with Crippen LogP contribution in [0.3, 0.4) is 0 Å². The Balaban J connectivity index is 2.15. The number of hydrogen-bond donors (Lipinski definition) is 2. The molecule has 0 spiro atoms. The lowest BCUT2D eigenvalue weighted by Crippen LogP contribution is -2.12. The second kappa shape index (κ2) is 5.56. The van der Waals surface area contributed by atoms with Crippen molar-refractivity contribution in [2.45, 2.75) is 25.3 Å². The van der Waals surface area contributed by atoms with Crippen LogP contribution in [0.4, 0.5) is 5.82 Å². The molecule has 0 amide bonds. The number of primary sulfonamides is 1. The lowest BCUT2D eigenvalue weighted by molar-refractivity contribution is 0.597. The maximum absolute atomic E-state index is 11.3. The summed E-state index contributed by atoms with van der Waals surface area (Å²) >= 11 is 0. The molecule has 0 unspecified atom stereocenters. The van der Waals surface area contributed by atoms with Gasteiger partial charge in [0.05, 0.1) is 4.90 Å². The summed E-state index contributed by atoms with van der Waals surface area (Å²) in [6.07, 6.45) is 0. The second-order valence-electron chi connectivity index (χ2n) is 4.49. The summed E-state index contributed by atoms with van der Waals surface area (Å²) in [6.45, 7) is 4.17. The van der Waals surface area contributed by atoms with E-state index in [0.29, 0.717) is 18.2 Å². The van der Waals surface area contributed by atoms with Gasteiger partial charge in [0.1, 0.15) is 11.6 Å². The van der Waals surface area contributed by atoms with Crippen molar-refractivity contribution < 1.29 is 8.42 Å². The fourth-order valence-electron chi connectivity index (χ4n) is 1.83. The van der Waals surface area contributed by atoms with Gasteiger partial charge in [-0.3, -0.25) is 0 Å². The summed E-state index contributed by atoms with van der Waals surface area (Å²) in [5.74, 6) is 1.39. The summed E-state index contributed by atoms with van der Waals surface area (Å²) in [5.41, 5.74) is 1.68. The molecule has 3 N–H and O–H groups in total. The van der Waals surface area contributed by atoms with Gasteiger partial charge in [-0.2, -0.15) is 0 Å². The molecule has 0 bridgehead atoms. The van der Waals surface area contributed by atoms with Crippen LogP contribution in [0, 0.1) is 13.8 Å². The van der Waals surface area contributed by atoms with Crippen LogP contribution in [0.1, 0.15) is 17.1 Å². The average Bonchev–Trinajstić information content (AvgIpc) is 2.35. The van der Waals surface area contributed by atoms with E-state index in [2.05, 4.69) is 15.3 Å². The highest BCUT2D eigenvalue weighted by Crippen LogP contribution is 2.12. The van der Waals surface area contributed by atoms with Crippen LogP contribution in [-0.4, -0.2) is 18.4 Å². The lowest BCUT2D eigenvalue weighted by Gasteiger charge is -2.08. The Morgan fingerprint density at radius 1 is 1.20 bits per heavy atom. The third-order valence-electron chi connectivity index (χ3n) is 2.67. The Bertz CT molecular complexity index is 709. The molecule has 0 fully saturated rings. The summed E-state index contributed by atoms with van der Waals surface area (Å²) in [6, 6.07) is 8.33. The number of hydrogen-bond acceptors (Lipinski definition) is 5. The molecule has 2 rings (SSSR count). The van der Waals surface area contributed by atoms with E-state index in [1.165, 1.54) is 6.07 Å². The third-order valence-corrected chi connectivity index (χ3v) is 3.58. The first-order chi connectivity index (χ1) is 9.34. The van der Waals surface area contributed by atoms with Crippen LogP contribution in [0.5, 0.6) is 0 Å². The van der Waals surface area contributed by atoms with Crippen LogP contribution in [0.15, 0.2) is 35.2 Å². The number of anilines is 1.